The van der Waals surface area contributed by atoms with Gasteiger partial charge in [-0.25, -0.2) is 4.98 Å². The molecular weight excluding hydrogens is 250 g/mol. The van der Waals surface area contributed by atoms with Crippen molar-refractivity contribution in [3.8, 4) is 0 Å². The summed E-state index contributed by atoms with van der Waals surface area (Å²) in [6, 6.07) is 2.84. The van der Waals surface area contributed by atoms with Gasteiger partial charge in [-0.1, -0.05) is 6.92 Å². The standard InChI is InChI=1S/C11H17N5O3/c1-3-6-13-10(17)7-14-11-8(16(18)19)4-5-9(12-2)15-11/h4-5H,3,6-7H2,1-2H3,(H,13,17)(H2,12,14,15). The molecule has 0 radical (unpaired) electrons. The third-order valence-electron chi connectivity index (χ3n) is 2.32. The maximum Gasteiger partial charge on any atom is 0.311 e. The first-order valence-electron chi connectivity index (χ1n) is 5.92. The lowest BCUT2D eigenvalue weighted by molar-refractivity contribution is -0.384. The number of aromatic nitrogens is 1. The summed E-state index contributed by atoms with van der Waals surface area (Å²) < 4.78 is 0. The lowest BCUT2D eigenvalue weighted by atomic mass is 10.3. The zero-order chi connectivity index (χ0) is 14.3. The number of rotatable bonds is 7. The van der Waals surface area contributed by atoms with E-state index < -0.39 is 4.92 Å². The highest BCUT2D eigenvalue weighted by molar-refractivity contribution is 5.81. The summed E-state index contributed by atoms with van der Waals surface area (Å²) >= 11 is 0. The molecule has 3 N–H and O–H groups in total. The monoisotopic (exact) mass is 267 g/mol. The van der Waals surface area contributed by atoms with Gasteiger partial charge in [-0.2, -0.15) is 0 Å². The first kappa shape index (κ1) is 14.7. The van der Waals surface area contributed by atoms with Crippen molar-refractivity contribution in [3.63, 3.8) is 0 Å². The van der Waals surface area contributed by atoms with Gasteiger partial charge < -0.3 is 16.0 Å². The fraction of sp³-hybridized carbons (Fsp3) is 0.455. The van der Waals surface area contributed by atoms with Gasteiger partial charge in [0.25, 0.3) is 0 Å². The van der Waals surface area contributed by atoms with Crippen molar-refractivity contribution in [1.82, 2.24) is 10.3 Å². The Morgan fingerprint density at radius 3 is 2.79 bits per heavy atom. The molecule has 0 saturated heterocycles. The summed E-state index contributed by atoms with van der Waals surface area (Å²) in [5.41, 5.74) is -0.165. The van der Waals surface area contributed by atoms with E-state index in [4.69, 9.17) is 0 Å². The zero-order valence-electron chi connectivity index (χ0n) is 10.9. The minimum Gasteiger partial charge on any atom is -0.373 e. The summed E-state index contributed by atoms with van der Waals surface area (Å²) in [6.45, 7) is 2.46. The molecule has 19 heavy (non-hydrogen) atoms. The van der Waals surface area contributed by atoms with Crippen LogP contribution in [0, 0.1) is 10.1 Å². The molecule has 0 aliphatic carbocycles. The van der Waals surface area contributed by atoms with Gasteiger partial charge in [-0.3, -0.25) is 14.9 Å². The van der Waals surface area contributed by atoms with Crippen LogP contribution in [0.1, 0.15) is 13.3 Å². The molecule has 1 rings (SSSR count). The number of carbonyl (C=O) groups is 1. The van der Waals surface area contributed by atoms with Crippen LogP contribution < -0.4 is 16.0 Å². The molecule has 0 aliphatic heterocycles. The molecule has 1 aromatic heterocycles. The Hall–Kier alpha value is -2.38. The number of nitrogens with one attached hydrogen (secondary N) is 3. The smallest absolute Gasteiger partial charge is 0.311 e. The molecule has 1 aromatic rings. The van der Waals surface area contributed by atoms with Gasteiger partial charge in [0, 0.05) is 19.7 Å². The summed E-state index contributed by atoms with van der Waals surface area (Å²) in [7, 11) is 1.66. The maximum atomic E-state index is 11.4. The molecule has 8 nitrogen and oxygen atoms in total. The Morgan fingerprint density at radius 1 is 1.47 bits per heavy atom. The Morgan fingerprint density at radius 2 is 2.21 bits per heavy atom. The second-order valence-corrected chi connectivity index (χ2v) is 3.77. The van der Waals surface area contributed by atoms with Crippen molar-refractivity contribution >= 4 is 23.2 Å². The van der Waals surface area contributed by atoms with Crippen LogP contribution in [-0.2, 0) is 4.79 Å². The minimum atomic E-state index is -0.543. The van der Waals surface area contributed by atoms with Crippen LogP contribution in [0.15, 0.2) is 12.1 Å². The number of hydrogen-bond donors (Lipinski definition) is 3. The summed E-state index contributed by atoms with van der Waals surface area (Å²) in [5, 5.41) is 19.0. The number of nitrogens with zero attached hydrogens (tertiary/aromatic N) is 2. The minimum absolute atomic E-state index is 0.0546. The van der Waals surface area contributed by atoms with Crippen molar-refractivity contribution in [2.24, 2.45) is 0 Å². The van der Waals surface area contributed by atoms with Crippen LogP contribution in [0.4, 0.5) is 17.3 Å². The van der Waals surface area contributed by atoms with E-state index in [1.165, 1.54) is 12.1 Å². The molecular formula is C11H17N5O3. The molecule has 1 amide bonds. The molecule has 104 valence electrons. The second-order valence-electron chi connectivity index (χ2n) is 3.77. The van der Waals surface area contributed by atoms with E-state index in [9.17, 15) is 14.9 Å². The molecule has 1 heterocycles. The van der Waals surface area contributed by atoms with Gasteiger partial charge in [-0.05, 0) is 12.5 Å². The number of amides is 1. The van der Waals surface area contributed by atoms with Gasteiger partial charge >= 0.3 is 5.69 Å². The van der Waals surface area contributed by atoms with E-state index in [-0.39, 0.29) is 24.0 Å². The SMILES string of the molecule is CCCNC(=O)CNc1nc(NC)ccc1[N+](=O)[O-]. The van der Waals surface area contributed by atoms with E-state index in [0.29, 0.717) is 12.4 Å². The number of carbonyl (C=O) groups excluding carboxylic acids is 1. The van der Waals surface area contributed by atoms with Gasteiger partial charge in [0.05, 0.1) is 11.5 Å². The molecule has 0 aliphatic rings. The lowest BCUT2D eigenvalue weighted by Crippen LogP contribution is -2.30. The Kier molecular flexibility index (Phi) is 5.52. The maximum absolute atomic E-state index is 11.4. The quantitative estimate of drug-likeness (QED) is 0.501. The van der Waals surface area contributed by atoms with Crippen LogP contribution >= 0.6 is 0 Å². The lowest BCUT2D eigenvalue weighted by Gasteiger charge is -2.08. The van der Waals surface area contributed by atoms with Crippen molar-refractivity contribution in [2.75, 3.05) is 30.8 Å². The molecule has 0 saturated carbocycles. The van der Waals surface area contributed by atoms with Crippen molar-refractivity contribution in [2.45, 2.75) is 13.3 Å². The van der Waals surface area contributed by atoms with Crippen molar-refractivity contribution in [3.05, 3.63) is 22.2 Å². The van der Waals surface area contributed by atoms with Gasteiger partial charge in [-0.15, -0.1) is 0 Å². The topological polar surface area (TPSA) is 109 Å². The van der Waals surface area contributed by atoms with Crippen LogP contribution in [0.3, 0.4) is 0 Å². The highest BCUT2D eigenvalue weighted by Crippen LogP contribution is 2.23. The average Bonchev–Trinajstić information content (AvgIpc) is 2.42. The van der Waals surface area contributed by atoms with E-state index in [1.807, 2.05) is 6.92 Å². The van der Waals surface area contributed by atoms with Gasteiger partial charge in [0.15, 0.2) is 0 Å². The normalized spacial score (nSPS) is 9.79. The van der Waals surface area contributed by atoms with Gasteiger partial charge in [0.1, 0.15) is 5.82 Å². The molecule has 8 heteroatoms. The highest BCUT2D eigenvalue weighted by atomic mass is 16.6. The Labute approximate surface area is 110 Å². The average molecular weight is 267 g/mol. The van der Waals surface area contributed by atoms with E-state index >= 15 is 0 Å². The third kappa shape index (κ3) is 4.41. The number of anilines is 2. The number of hydrogen-bond acceptors (Lipinski definition) is 6. The Balaban J connectivity index is 2.74. The van der Waals surface area contributed by atoms with E-state index in [2.05, 4.69) is 20.9 Å². The fourth-order valence-electron chi connectivity index (χ4n) is 1.36. The summed E-state index contributed by atoms with van der Waals surface area (Å²) in [5.74, 6) is 0.332. The molecule has 0 bridgehead atoms. The molecule has 0 atom stereocenters. The van der Waals surface area contributed by atoms with Crippen LogP contribution in [0.5, 0.6) is 0 Å². The summed E-state index contributed by atoms with van der Waals surface area (Å²) in [6.07, 6.45) is 0.833. The van der Waals surface area contributed by atoms with Crippen molar-refractivity contribution < 1.29 is 9.72 Å². The van der Waals surface area contributed by atoms with Crippen LogP contribution in [0.2, 0.25) is 0 Å². The fourth-order valence-corrected chi connectivity index (χ4v) is 1.36. The first-order valence-corrected chi connectivity index (χ1v) is 5.92. The predicted molar refractivity (Wildman–Crippen MR) is 72.2 cm³/mol. The number of nitro groups is 1. The first-order chi connectivity index (χ1) is 9.08. The van der Waals surface area contributed by atoms with E-state index in [0.717, 1.165) is 6.42 Å². The molecule has 0 spiro atoms. The largest absolute Gasteiger partial charge is 0.373 e. The second kappa shape index (κ2) is 7.14. The predicted octanol–water partition coefficient (Wildman–Crippen LogP) is 0.970. The third-order valence-corrected chi connectivity index (χ3v) is 2.32. The van der Waals surface area contributed by atoms with Crippen LogP contribution in [-0.4, -0.2) is 36.0 Å². The highest BCUT2D eigenvalue weighted by Gasteiger charge is 2.16. The molecule has 0 fully saturated rings. The summed E-state index contributed by atoms with van der Waals surface area (Å²) in [4.78, 5) is 25.7. The zero-order valence-corrected chi connectivity index (χ0v) is 10.9. The van der Waals surface area contributed by atoms with Crippen molar-refractivity contribution in [1.29, 1.82) is 0 Å². The number of pyridine rings is 1. The molecule has 0 aromatic carbocycles. The van der Waals surface area contributed by atoms with Gasteiger partial charge in [0.2, 0.25) is 11.7 Å². The van der Waals surface area contributed by atoms with E-state index in [1.54, 1.807) is 7.05 Å². The molecule has 0 unspecified atom stereocenters. The Bertz CT molecular complexity index is 464. The van der Waals surface area contributed by atoms with Crippen LogP contribution in [0.25, 0.3) is 0 Å².